The van der Waals surface area contributed by atoms with E-state index >= 15 is 0 Å². The third kappa shape index (κ3) is 4.61. The average molecular weight is 446 g/mol. The van der Waals surface area contributed by atoms with Gasteiger partial charge in [-0.05, 0) is 74.3 Å². The number of methoxy groups -OCH3 is 1. The SMILES string of the molecule is COc1ccc(C2CCC(CNc3cc(-c4cnc(C5CC5)s4)ccn3)CC2)nc1C#N. The van der Waals surface area contributed by atoms with Crippen LogP contribution in [0.15, 0.2) is 36.7 Å². The zero-order chi connectivity index (χ0) is 21.9. The van der Waals surface area contributed by atoms with Gasteiger partial charge in [-0.15, -0.1) is 11.3 Å². The van der Waals surface area contributed by atoms with E-state index in [0.717, 1.165) is 43.7 Å². The minimum Gasteiger partial charge on any atom is -0.494 e. The number of pyridine rings is 2. The monoisotopic (exact) mass is 445 g/mol. The van der Waals surface area contributed by atoms with Gasteiger partial charge in [-0.1, -0.05) is 0 Å². The van der Waals surface area contributed by atoms with E-state index in [-0.39, 0.29) is 0 Å². The van der Waals surface area contributed by atoms with E-state index in [1.54, 1.807) is 7.11 Å². The van der Waals surface area contributed by atoms with Gasteiger partial charge in [0.15, 0.2) is 11.4 Å². The highest BCUT2D eigenvalue weighted by atomic mass is 32.1. The maximum absolute atomic E-state index is 9.30. The predicted octanol–water partition coefficient (Wildman–Crippen LogP) is 5.74. The van der Waals surface area contributed by atoms with Crippen LogP contribution in [0.5, 0.6) is 5.75 Å². The summed E-state index contributed by atoms with van der Waals surface area (Å²) < 4.78 is 5.22. The van der Waals surface area contributed by atoms with Gasteiger partial charge in [-0.25, -0.2) is 15.0 Å². The number of thiazole rings is 1. The van der Waals surface area contributed by atoms with E-state index in [9.17, 15) is 5.26 Å². The summed E-state index contributed by atoms with van der Waals surface area (Å²) in [5.41, 5.74) is 2.58. The van der Waals surface area contributed by atoms with Crippen LogP contribution in [-0.4, -0.2) is 28.6 Å². The zero-order valence-corrected chi connectivity index (χ0v) is 19.1. The van der Waals surface area contributed by atoms with Crippen LogP contribution in [0.1, 0.15) is 66.8 Å². The highest BCUT2D eigenvalue weighted by Crippen LogP contribution is 2.43. The standard InChI is InChI=1S/C25H27N5OS/c1-31-22-9-8-20(30-21(22)13-26)17-4-2-16(3-5-17)14-28-24-12-19(10-11-27-24)23-15-29-25(32-23)18-6-7-18/h8-12,15-18H,2-7,14H2,1H3,(H,27,28). The first-order valence-electron chi connectivity index (χ1n) is 11.3. The molecule has 2 fully saturated rings. The topological polar surface area (TPSA) is 83.7 Å². The Morgan fingerprint density at radius 3 is 2.66 bits per heavy atom. The summed E-state index contributed by atoms with van der Waals surface area (Å²) in [7, 11) is 1.57. The lowest BCUT2D eigenvalue weighted by molar-refractivity contribution is 0.334. The van der Waals surface area contributed by atoms with Crippen molar-refractivity contribution in [2.75, 3.05) is 19.0 Å². The van der Waals surface area contributed by atoms with Gasteiger partial charge in [0.1, 0.15) is 11.9 Å². The molecular weight excluding hydrogens is 418 g/mol. The summed E-state index contributed by atoms with van der Waals surface area (Å²) in [4.78, 5) is 14.9. The summed E-state index contributed by atoms with van der Waals surface area (Å²) in [5, 5.41) is 14.1. The van der Waals surface area contributed by atoms with Crippen molar-refractivity contribution in [3.05, 3.63) is 53.1 Å². The van der Waals surface area contributed by atoms with E-state index < -0.39 is 0 Å². The maximum Gasteiger partial charge on any atom is 0.182 e. The Bertz CT molecular complexity index is 1130. The molecule has 0 spiro atoms. The van der Waals surface area contributed by atoms with Gasteiger partial charge in [-0.2, -0.15) is 5.26 Å². The Hall–Kier alpha value is -2.98. The van der Waals surface area contributed by atoms with Crippen LogP contribution < -0.4 is 10.1 Å². The summed E-state index contributed by atoms with van der Waals surface area (Å²) in [6.45, 7) is 0.929. The van der Waals surface area contributed by atoms with Crippen molar-refractivity contribution < 1.29 is 4.74 Å². The molecule has 0 aromatic carbocycles. The Balaban J connectivity index is 1.15. The number of nitrogens with zero attached hydrogens (tertiary/aromatic N) is 4. The van der Waals surface area contributed by atoms with Crippen molar-refractivity contribution in [3.8, 4) is 22.3 Å². The Morgan fingerprint density at radius 1 is 1.09 bits per heavy atom. The first kappa shape index (κ1) is 20.9. The third-order valence-electron chi connectivity index (χ3n) is 6.54. The largest absolute Gasteiger partial charge is 0.494 e. The van der Waals surface area contributed by atoms with Crippen LogP contribution in [-0.2, 0) is 0 Å². The molecule has 0 aliphatic heterocycles. The number of hydrogen-bond acceptors (Lipinski definition) is 7. The number of ether oxygens (including phenoxy) is 1. The third-order valence-corrected chi connectivity index (χ3v) is 7.75. The fourth-order valence-corrected chi connectivity index (χ4v) is 5.55. The van der Waals surface area contributed by atoms with E-state index in [1.165, 1.54) is 28.3 Å². The molecule has 0 radical (unpaired) electrons. The minimum atomic E-state index is 0.380. The fraction of sp³-hybridized carbons (Fsp3) is 0.440. The zero-order valence-electron chi connectivity index (χ0n) is 18.3. The number of nitriles is 1. The van der Waals surface area contributed by atoms with Gasteiger partial charge in [0.2, 0.25) is 0 Å². The van der Waals surface area contributed by atoms with Crippen molar-refractivity contribution in [1.82, 2.24) is 15.0 Å². The van der Waals surface area contributed by atoms with E-state index in [1.807, 2.05) is 35.9 Å². The number of nitrogens with one attached hydrogen (secondary N) is 1. The molecule has 1 N–H and O–H groups in total. The molecule has 0 amide bonds. The summed E-state index contributed by atoms with van der Waals surface area (Å²) in [6.07, 6.45) is 10.9. The van der Waals surface area contributed by atoms with Crippen molar-refractivity contribution in [2.24, 2.45) is 5.92 Å². The molecule has 2 saturated carbocycles. The molecule has 3 aromatic heterocycles. The quantitative estimate of drug-likeness (QED) is 0.499. The number of hydrogen-bond donors (Lipinski definition) is 1. The number of anilines is 1. The van der Waals surface area contributed by atoms with Crippen LogP contribution in [0.2, 0.25) is 0 Å². The number of aromatic nitrogens is 3. The molecule has 0 atom stereocenters. The van der Waals surface area contributed by atoms with Crippen molar-refractivity contribution in [3.63, 3.8) is 0 Å². The lowest BCUT2D eigenvalue weighted by Crippen LogP contribution is -2.21. The molecule has 0 saturated heterocycles. The van der Waals surface area contributed by atoms with Crippen LogP contribution in [0.3, 0.4) is 0 Å². The van der Waals surface area contributed by atoms with Crippen molar-refractivity contribution in [1.29, 1.82) is 5.26 Å². The summed E-state index contributed by atoms with van der Waals surface area (Å²) >= 11 is 1.81. The van der Waals surface area contributed by atoms with Crippen molar-refractivity contribution in [2.45, 2.75) is 50.4 Å². The fourth-order valence-electron chi connectivity index (χ4n) is 4.47. The maximum atomic E-state index is 9.30. The van der Waals surface area contributed by atoms with Crippen LogP contribution in [0.4, 0.5) is 5.82 Å². The Kier molecular flexibility index (Phi) is 6.04. The minimum absolute atomic E-state index is 0.380. The Morgan fingerprint density at radius 2 is 1.91 bits per heavy atom. The van der Waals surface area contributed by atoms with E-state index in [4.69, 9.17) is 4.74 Å². The first-order valence-corrected chi connectivity index (χ1v) is 12.2. The molecule has 7 heteroatoms. The number of rotatable bonds is 7. The lowest BCUT2D eigenvalue weighted by Gasteiger charge is -2.28. The second kappa shape index (κ2) is 9.25. The van der Waals surface area contributed by atoms with Gasteiger partial charge in [-0.3, -0.25) is 0 Å². The Labute approximate surface area is 192 Å². The van der Waals surface area contributed by atoms with Crippen LogP contribution in [0, 0.1) is 17.2 Å². The molecule has 0 bridgehead atoms. The molecule has 5 rings (SSSR count). The van der Waals surface area contributed by atoms with Crippen LogP contribution >= 0.6 is 11.3 Å². The van der Waals surface area contributed by atoms with Gasteiger partial charge in [0.25, 0.3) is 0 Å². The molecule has 32 heavy (non-hydrogen) atoms. The van der Waals surface area contributed by atoms with Gasteiger partial charge in [0, 0.05) is 36.5 Å². The molecule has 6 nitrogen and oxygen atoms in total. The average Bonchev–Trinajstić information content (AvgIpc) is 3.59. The molecule has 2 aliphatic rings. The highest BCUT2D eigenvalue weighted by Gasteiger charge is 2.27. The van der Waals surface area contributed by atoms with Gasteiger partial charge in [0.05, 0.1) is 17.0 Å². The van der Waals surface area contributed by atoms with Crippen molar-refractivity contribution >= 4 is 17.2 Å². The molecule has 2 aliphatic carbocycles. The normalized spacial score (nSPS) is 20.5. The van der Waals surface area contributed by atoms with E-state index in [2.05, 4.69) is 38.5 Å². The predicted molar refractivity (Wildman–Crippen MR) is 126 cm³/mol. The molecule has 3 aromatic rings. The van der Waals surface area contributed by atoms with Gasteiger partial charge < -0.3 is 10.1 Å². The summed E-state index contributed by atoms with van der Waals surface area (Å²) in [5.74, 6) is 3.21. The first-order chi connectivity index (χ1) is 15.7. The second-order valence-electron chi connectivity index (χ2n) is 8.76. The van der Waals surface area contributed by atoms with Crippen LogP contribution in [0.25, 0.3) is 10.4 Å². The smallest absolute Gasteiger partial charge is 0.182 e. The second-order valence-corrected chi connectivity index (χ2v) is 9.83. The highest BCUT2D eigenvalue weighted by molar-refractivity contribution is 7.15. The molecular formula is C25H27N5OS. The summed E-state index contributed by atoms with van der Waals surface area (Å²) in [6, 6.07) is 10.2. The molecule has 164 valence electrons. The van der Waals surface area contributed by atoms with E-state index in [0.29, 0.717) is 29.2 Å². The lowest BCUT2D eigenvalue weighted by atomic mass is 9.80. The van der Waals surface area contributed by atoms with Gasteiger partial charge >= 0.3 is 0 Å². The molecule has 3 heterocycles. The molecule has 0 unspecified atom stereocenters.